The molecule has 0 radical (unpaired) electrons. The average molecular weight is 321 g/mol. The summed E-state index contributed by atoms with van der Waals surface area (Å²) in [5.41, 5.74) is 1.47. The molecule has 5 nitrogen and oxygen atoms in total. The Labute approximate surface area is 133 Å². The second-order valence-electron chi connectivity index (χ2n) is 4.98. The number of hydrogen-bond donors (Lipinski definition) is 3. The quantitative estimate of drug-likeness (QED) is 0.407. The van der Waals surface area contributed by atoms with Crippen LogP contribution in [0.5, 0.6) is 0 Å². The van der Waals surface area contributed by atoms with Crippen molar-refractivity contribution < 1.29 is 20.0 Å². The molecular formula is C16H19NO4S. The molecule has 1 aromatic carbocycles. The number of rotatable bonds is 7. The molecule has 0 amide bonds. The normalized spacial score (nSPS) is 13.8. The van der Waals surface area contributed by atoms with E-state index in [2.05, 4.69) is 0 Å². The molecule has 0 spiro atoms. The Balaban J connectivity index is 1.85. The minimum atomic E-state index is -0.779. The van der Waals surface area contributed by atoms with Crippen LogP contribution < -0.4 is 4.73 Å². The first-order valence-corrected chi connectivity index (χ1v) is 7.95. The van der Waals surface area contributed by atoms with Crippen molar-refractivity contribution in [2.45, 2.75) is 30.3 Å². The van der Waals surface area contributed by atoms with Gasteiger partial charge in [-0.15, -0.1) is 0 Å². The Kier molecular flexibility index (Phi) is 6.21. The highest BCUT2D eigenvalue weighted by molar-refractivity contribution is 7.99. The highest BCUT2D eigenvalue weighted by Crippen LogP contribution is 2.22. The number of thioether (sulfide) groups is 1. The Bertz CT molecular complexity index is 591. The lowest BCUT2D eigenvalue weighted by Crippen LogP contribution is -2.28. The van der Waals surface area contributed by atoms with Crippen molar-refractivity contribution in [3.63, 3.8) is 0 Å². The second kappa shape index (κ2) is 8.14. The van der Waals surface area contributed by atoms with Crippen LogP contribution >= 0.6 is 11.8 Å². The van der Waals surface area contributed by atoms with Gasteiger partial charge in [0.15, 0.2) is 6.20 Å². The number of benzene rings is 1. The van der Waals surface area contributed by atoms with Crippen LogP contribution in [0.1, 0.15) is 23.7 Å². The van der Waals surface area contributed by atoms with E-state index >= 15 is 0 Å². The van der Waals surface area contributed by atoms with Crippen LogP contribution in [-0.2, 0) is 6.61 Å². The van der Waals surface area contributed by atoms with E-state index in [0.717, 1.165) is 10.3 Å². The molecule has 1 heterocycles. The van der Waals surface area contributed by atoms with Gasteiger partial charge in [0.05, 0.1) is 18.8 Å². The smallest absolute Gasteiger partial charge is 0.251 e. The van der Waals surface area contributed by atoms with Crippen LogP contribution in [0.3, 0.4) is 0 Å². The predicted octanol–water partition coefficient (Wildman–Crippen LogP) is 1.39. The number of aliphatic hydroxyl groups excluding tert-OH is 3. The van der Waals surface area contributed by atoms with Crippen molar-refractivity contribution in [3.05, 3.63) is 65.0 Å². The molecule has 118 valence electrons. The molecule has 6 heteroatoms. The van der Waals surface area contributed by atoms with Crippen LogP contribution in [0.4, 0.5) is 0 Å². The average Bonchev–Trinajstić information content (AvgIpc) is 2.54. The topological polar surface area (TPSA) is 87.6 Å². The van der Waals surface area contributed by atoms with Crippen molar-refractivity contribution in [2.75, 3.05) is 5.75 Å². The van der Waals surface area contributed by atoms with E-state index < -0.39 is 12.2 Å². The van der Waals surface area contributed by atoms with E-state index in [0.29, 0.717) is 16.3 Å². The zero-order valence-electron chi connectivity index (χ0n) is 12.0. The third kappa shape index (κ3) is 4.71. The van der Waals surface area contributed by atoms with Gasteiger partial charge in [0, 0.05) is 24.3 Å². The van der Waals surface area contributed by atoms with Crippen molar-refractivity contribution in [1.82, 2.24) is 0 Å². The van der Waals surface area contributed by atoms with E-state index in [1.807, 2.05) is 0 Å². The molecule has 0 fully saturated rings. The van der Waals surface area contributed by atoms with Gasteiger partial charge >= 0.3 is 0 Å². The Morgan fingerprint density at radius 3 is 2.45 bits per heavy atom. The molecule has 2 aromatic rings. The second-order valence-corrected chi connectivity index (χ2v) is 6.02. The maximum absolute atomic E-state index is 11.5. The number of aromatic nitrogens is 1. The SMILES string of the molecule is [O-][n+]1ccccc1SCC(O)CC(O)c1ccc(CO)cc1. The zero-order chi connectivity index (χ0) is 15.9. The van der Waals surface area contributed by atoms with Crippen molar-refractivity contribution in [2.24, 2.45) is 0 Å². The third-order valence-electron chi connectivity index (χ3n) is 3.25. The fourth-order valence-electron chi connectivity index (χ4n) is 2.01. The third-order valence-corrected chi connectivity index (χ3v) is 4.42. The number of hydrogen-bond acceptors (Lipinski definition) is 5. The van der Waals surface area contributed by atoms with Gasteiger partial charge in [0.25, 0.3) is 5.03 Å². The van der Waals surface area contributed by atoms with Crippen LogP contribution in [0.25, 0.3) is 0 Å². The molecule has 0 aliphatic rings. The molecule has 1 aromatic heterocycles. The van der Waals surface area contributed by atoms with Gasteiger partial charge in [-0.25, -0.2) is 0 Å². The van der Waals surface area contributed by atoms with E-state index in [1.165, 1.54) is 18.0 Å². The molecule has 22 heavy (non-hydrogen) atoms. The van der Waals surface area contributed by atoms with E-state index in [1.54, 1.807) is 42.5 Å². The first-order valence-electron chi connectivity index (χ1n) is 6.97. The lowest BCUT2D eigenvalue weighted by molar-refractivity contribution is -0.645. The molecule has 0 saturated carbocycles. The first-order chi connectivity index (χ1) is 10.6. The van der Waals surface area contributed by atoms with Gasteiger partial charge in [-0.1, -0.05) is 36.0 Å². The molecule has 0 bridgehead atoms. The lowest BCUT2D eigenvalue weighted by atomic mass is 10.0. The minimum absolute atomic E-state index is 0.0398. The molecule has 3 N–H and O–H groups in total. The van der Waals surface area contributed by atoms with E-state index in [-0.39, 0.29) is 13.0 Å². The molecule has 2 atom stereocenters. The van der Waals surface area contributed by atoms with Gasteiger partial charge in [-0.05, 0) is 17.2 Å². The molecule has 0 aliphatic heterocycles. The minimum Gasteiger partial charge on any atom is -0.618 e. The first kappa shape index (κ1) is 16.8. The Hall–Kier alpha value is -1.60. The molecule has 2 unspecified atom stereocenters. The molecule has 0 aliphatic carbocycles. The summed E-state index contributed by atoms with van der Waals surface area (Å²) in [6.45, 7) is -0.0398. The van der Waals surface area contributed by atoms with E-state index in [9.17, 15) is 15.4 Å². The van der Waals surface area contributed by atoms with Gasteiger partial charge in [0.2, 0.25) is 0 Å². The summed E-state index contributed by atoms with van der Waals surface area (Å²) in [7, 11) is 0. The predicted molar refractivity (Wildman–Crippen MR) is 84.1 cm³/mol. The largest absolute Gasteiger partial charge is 0.618 e. The van der Waals surface area contributed by atoms with Crippen LogP contribution in [0, 0.1) is 5.21 Å². The summed E-state index contributed by atoms with van der Waals surface area (Å²) < 4.78 is 0.751. The van der Waals surface area contributed by atoms with Crippen LogP contribution in [0.2, 0.25) is 0 Å². The maximum Gasteiger partial charge on any atom is 0.251 e. The van der Waals surface area contributed by atoms with Crippen molar-refractivity contribution in [1.29, 1.82) is 0 Å². The van der Waals surface area contributed by atoms with Crippen LogP contribution in [-0.4, -0.2) is 27.2 Å². The maximum atomic E-state index is 11.5. The zero-order valence-corrected chi connectivity index (χ0v) is 12.8. The number of nitrogens with zero attached hydrogens (tertiary/aromatic N) is 1. The summed E-state index contributed by atoms with van der Waals surface area (Å²) in [5.74, 6) is 0.331. The lowest BCUT2D eigenvalue weighted by Gasteiger charge is -2.15. The van der Waals surface area contributed by atoms with Crippen molar-refractivity contribution in [3.8, 4) is 0 Å². The monoisotopic (exact) mass is 321 g/mol. The fourth-order valence-corrected chi connectivity index (χ4v) is 2.88. The number of pyridine rings is 1. The summed E-state index contributed by atoms with van der Waals surface area (Å²) in [6, 6.07) is 12.0. The van der Waals surface area contributed by atoms with Gasteiger partial charge in [-0.2, -0.15) is 4.73 Å². The highest BCUT2D eigenvalue weighted by atomic mass is 32.2. The summed E-state index contributed by atoms with van der Waals surface area (Å²) in [6.07, 6.45) is 0.0971. The fraction of sp³-hybridized carbons (Fsp3) is 0.312. The van der Waals surface area contributed by atoms with Gasteiger partial charge in [0.1, 0.15) is 0 Å². The summed E-state index contributed by atoms with van der Waals surface area (Å²) >= 11 is 1.25. The van der Waals surface area contributed by atoms with Crippen molar-refractivity contribution >= 4 is 11.8 Å². The van der Waals surface area contributed by atoms with Gasteiger partial charge in [-0.3, -0.25) is 0 Å². The standard InChI is InChI=1S/C16H19NO4S/c18-10-12-4-6-13(7-5-12)15(20)9-14(19)11-22-16-3-1-2-8-17(16)21/h1-8,14-15,18-20H,9-11H2. The molecule has 0 saturated heterocycles. The molecular weight excluding hydrogens is 302 g/mol. The summed E-state index contributed by atoms with van der Waals surface area (Å²) in [5, 5.41) is 41.1. The van der Waals surface area contributed by atoms with E-state index in [4.69, 9.17) is 5.11 Å². The summed E-state index contributed by atoms with van der Waals surface area (Å²) in [4.78, 5) is 0. The van der Waals surface area contributed by atoms with Crippen LogP contribution in [0.15, 0.2) is 53.7 Å². The Morgan fingerprint density at radius 1 is 1.09 bits per heavy atom. The molecule has 2 rings (SSSR count). The Morgan fingerprint density at radius 2 is 1.82 bits per heavy atom. The van der Waals surface area contributed by atoms with Gasteiger partial charge < -0.3 is 20.5 Å². The number of aliphatic hydroxyl groups is 3. The highest BCUT2D eigenvalue weighted by Gasteiger charge is 2.16.